The lowest BCUT2D eigenvalue weighted by Gasteiger charge is -2.16. The second-order valence-corrected chi connectivity index (χ2v) is 3.76. The Balaban J connectivity index is 3.10. The molecule has 0 aliphatic heterocycles. The van der Waals surface area contributed by atoms with Crippen LogP contribution in [0.5, 0.6) is 0 Å². The predicted molar refractivity (Wildman–Crippen MR) is 54.0 cm³/mol. The highest BCUT2D eigenvalue weighted by atomic mass is 19.3. The van der Waals surface area contributed by atoms with Crippen molar-refractivity contribution in [1.29, 1.82) is 0 Å². The summed E-state index contributed by atoms with van der Waals surface area (Å²) in [6.07, 6.45) is -3.79. The van der Waals surface area contributed by atoms with Gasteiger partial charge in [-0.25, -0.2) is 13.6 Å². The Morgan fingerprint density at radius 3 is 2.44 bits per heavy atom. The third-order valence-electron chi connectivity index (χ3n) is 2.45. The van der Waals surface area contributed by atoms with Crippen LogP contribution in [0.1, 0.15) is 21.7 Å². The molecule has 18 heavy (non-hydrogen) atoms. The molecule has 0 radical (unpaired) electrons. The molecule has 4 nitrogen and oxygen atoms in total. The summed E-state index contributed by atoms with van der Waals surface area (Å²) in [6.45, 7) is 1.47. The number of rotatable bonds is 4. The largest absolute Gasteiger partial charge is 0.465 e. The Kier molecular flexibility index (Phi) is 3.98. The molecular formula is C10H12F4N2O2. The number of hydrogen-bond donors (Lipinski definition) is 0. The molecule has 0 saturated heterocycles. The molecule has 0 unspecified atom stereocenters. The molecule has 0 spiro atoms. The minimum atomic E-state index is -4.20. The number of aromatic nitrogens is 2. The van der Waals surface area contributed by atoms with Crippen molar-refractivity contribution >= 4 is 5.97 Å². The van der Waals surface area contributed by atoms with E-state index >= 15 is 0 Å². The van der Waals surface area contributed by atoms with Crippen molar-refractivity contribution in [3.05, 3.63) is 17.0 Å². The SMILES string of the molecule is COC(=O)c1c(C)nn(CC(F)(F)C(F)F)c1C. The van der Waals surface area contributed by atoms with Gasteiger partial charge in [-0.3, -0.25) is 4.68 Å². The first kappa shape index (κ1) is 14.5. The van der Waals surface area contributed by atoms with E-state index in [9.17, 15) is 22.4 Å². The van der Waals surface area contributed by atoms with Crippen LogP contribution in [0.3, 0.4) is 0 Å². The number of halogens is 4. The highest BCUT2D eigenvalue weighted by Crippen LogP contribution is 2.26. The van der Waals surface area contributed by atoms with E-state index in [1.54, 1.807) is 0 Å². The quantitative estimate of drug-likeness (QED) is 0.621. The number of esters is 1. The lowest BCUT2D eigenvalue weighted by atomic mass is 10.2. The van der Waals surface area contributed by atoms with Gasteiger partial charge in [-0.2, -0.15) is 13.9 Å². The van der Waals surface area contributed by atoms with Gasteiger partial charge < -0.3 is 4.74 Å². The van der Waals surface area contributed by atoms with E-state index in [2.05, 4.69) is 9.84 Å². The highest BCUT2D eigenvalue weighted by molar-refractivity contribution is 5.91. The normalized spacial score (nSPS) is 12.0. The summed E-state index contributed by atoms with van der Waals surface area (Å²) in [5.74, 6) is -4.94. The van der Waals surface area contributed by atoms with Gasteiger partial charge in [-0.1, -0.05) is 0 Å². The van der Waals surface area contributed by atoms with E-state index in [1.807, 2.05) is 0 Å². The van der Waals surface area contributed by atoms with Crippen LogP contribution >= 0.6 is 0 Å². The van der Waals surface area contributed by atoms with Gasteiger partial charge in [-0.05, 0) is 13.8 Å². The fraction of sp³-hybridized carbons (Fsp3) is 0.600. The van der Waals surface area contributed by atoms with E-state index in [1.165, 1.54) is 13.8 Å². The average Bonchev–Trinajstić information content (AvgIpc) is 2.52. The lowest BCUT2D eigenvalue weighted by Crippen LogP contribution is -2.33. The van der Waals surface area contributed by atoms with Gasteiger partial charge in [0.1, 0.15) is 12.1 Å². The zero-order valence-corrected chi connectivity index (χ0v) is 10.0. The van der Waals surface area contributed by atoms with Crippen LogP contribution in [-0.4, -0.2) is 35.2 Å². The number of carbonyl (C=O) groups is 1. The lowest BCUT2D eigenvalue weighted by molar-refractivity contribution is -0.139. The molecule has 1 aromatic heterocycles. The number of aryl methyl sites for hydroxylation is 1. The molecule has 0 atom stereocenters. The maximum absolute atomic E-state index is 12.9. The van der Waals surface area contributed by atoms with E-state index < -0.39 is 24.9 Å². The first-order valence-electron chi connectivity index (χ1n) is 4.99. The van der Waals surface area contributed by atoms with Crippen molar-refractivity contribution in [3.63, 3.8) is 0 Å². The molecule has 0 saturated carbocycles. The minimum absolute atomic E-state index is 0.0163. The van der Waals surface area contributed by atoms with Crippen molar-refractivity contribution in [3.8, 4) is 0 Å². The Morgan fingerprint density at radius 1 is 1.44 bits per heavy atom. The number of carbonyl (C=O) groups excluding carboxylic acids is 1. The Morgan fingerprint density at radius 2 is 2.00 bits per heavy atom. The van der Waals surface area contributed by atoms with Gasteiger partial charge in [-0.15, -0.1) is 0 Å². The fourth-order valence-corrected chi connectivity index (χ4v) is 1.52. The Hall–Kier alpha value is -1.60. The van der Waals surface area contributed by atoms with Crippen LogP contribution < -0.4 is 0 Å². The Labute approximate surface area is 101 Å². The molecular weight excluding hydrogens is 256 g/mol. The van der Waals surface area contributed by atoms with Gasteiger partial charge >= 0.3 is 18.3 Å². The topological polar surface area (TPSA) is 44.1 Å². The maximum atomic E-state index is 12.9. The summed E-state index contributed by atoms with van der Waals surface area (Å²) < 4.78 is 55.1. The molecule has 0 aliphatic carbocycles. The van der Waals surface area contributed by atoms with Crippen molar-refractivity contribution in [2.45, 2.75) is 32.7 Å². The Bertz CT molecular complexity index is 457. The van der Waals surface area contributed by atoms with Gasteiger partial charge in [0.05, 0.1) is 18.5 Å². The summed E-state index contributed by atoms with van der Waals surface area (Å²) in [6, 6.07) is 0. The number of hydrogen-bond acceptors (Lipinski definition) is 3. The van der Waals surface area contributed by atoms with E-state index in [0.29, 0.717) is 4.68 Å². The summed E-state index contributed by atoms with van der Waals surface area (Å²) >= 11 is 0. The van der Waals surface area contributed by atoms with Gasteiger partial charge in [0.15, 0.2) is 0 Å². The number of alkyl halides is 4. The molecule has 0 fully saturated rings. The van der Waals surface area contributed by atoms with Crippen molar-refractivity contribution < 1.29 is 27.1 Å². The third kappa shape index (κ3) is 2.62. The standard InChI is InChI=1S/C10H12F4N2O2/c1-5-7(8(17)18-3)6(2)16(15-5)4-10(13,14)9(11)12/h9H,4H2,1-3H3. The zero-order valence-electron chi connectivity index (χ0n) is 10.0. The van der Waals surface area contributed by atoms with E-state index in [4.69, 9.17) is 0 Å². The minimum Gasteiger partial charge on any atom is -0.465 e. The second kappa shape index (κ2) is 4.95. The molecule has 102 valence electrons. The summed E-state index contributed by atoms with van der Waals surface area (Å²) in [5.41, 5.74) is 0.242. The molecule has 1 aromatic rings. The predicted octanol–water partition coefficient (Wildman–Crippen LogP) is 2.19. The highest BCUT2D eigenvalue weighted by Gasteiger charge is 2.42. The monoisotopic (exact) mass is 268 g/mol. The molecule has 0 amide bonds. The van der Waals surface area contributed by atoms with Gasteiger partial charge in [0.2, 0.25) is 0 Å². The molecule has 1 heterocycles. The van der Waals surface area contributed by atoms with Crippen LogP contribution in [0.4, 0.5) is 17.6 Å². The summed E-state index contributed by atoms with van der Waals surface area (Å²) in [5, 5.41) is 3.65. The first-order valence-corrected chi connectivity index (χ1v) is 4.99. The summed E-state index contributed by atoms with van der Waals surface area (Å²) in [4.78, 5) is 11.4. The first-order chi connectivity index (χ1) is 8.20. The molecule has 0 N–H and O–H groups in total. The smallest absolute Gasteiger partial charge is 0.341 e. The number of ether oxygens (including phenoxy) is 1. The van der Waals surface area contributed by atoms with Crippen LogP contribution in [0.15, 0.2) is 0 Å². The molecule has 0 aliphatic rings. The average molecular weight is 268 g/mol. The number of methoxy groups -OCH3 is 1. The van der Waals surface area contributed by atoms with Crippen molar-refractivity contribution in [2.75, 3.05) is 7.11 Å². The summed E-state index contributed by atoms with van der Waals surface area (Å²) in [7, 11) is 1.13. The second-order valence-electron chi connectivity index (χ2n) is 3.76. The van der Waals surface area contributed by atoms with E-state index in [0.717, 1.165) is 7.11 Å². The fourth-order valence-electron chi connectivity index (χ4n) is 1.52. The van der Waals surface area contributed by atoms with Crippen molar-refractivity contribution in [2.24, 2.45) is 0 Å². The van der Waals surface area contributed by atoms with Crippen molar-refractivity contribution in [1.82, 2.24) is 9.78 Å². The van der Waals surface area contributed by atoms with Gasteiger partial charge in [0.25, 0.3) is 0 Å². The number of nitrogens with zero attached hydrogens (tertiary/aromatic N) is 2. The molecule has 8 heteroatoms. The third-order valence-corrected chi connectivity index (χ3v) is 2.45. The van der Waals surface area contributed by atoms with Crippen LogP contribution in [0.25, 0.3) is 0 Å². The maximum Gasteiger partial charge on any atom is 0.341 e. The van der Waals surface area contributed by atoms with E-state index in [-0.39, 0.29) is 17.0 Å². The molecule has 0 aromatic carbocycles. The van der Waals surface area contributed by atoms with Gasteiger partial charge in [0, 0.05) is 0 Å². The van der Waals surface area contributed by atoms with Crippen LogP contribution in [0.2, 0.25) is 0 Å². The zero-order chi connectivity index (χ0) is 14.1. The van der Waals surface area contributed by atoms with Crippen LogP contribution in [0, 0.1) is 13.8 Å². The van der Waals surface area contributed by atoms with Crippen LogP contribution in [-0.2, 0) is 11.3 Å². The molecule has 1 rings (SSSR count). The molecule has 0 bridgehead atoms.